The van der Waals surface area contributed by atoms with Crippen molar-refractivity contribution >= 4 is 46.6 Å². The molecule has 5 rings (SSSR count). The molecule has 2 amide bonds. The zero-order valence-corrected chi connectivity index (χ0v) is 19.9. The maximum atomic E-state index is 13.4. The summed E-state index contributed by atoms with van der Waals surface area (Å²) in [6.45, 7) is -0.663. The first kappa shape index (κ1) is 23.8. The minimum atomic E-state index is -1.35. The zero-order valence-electron chi connectivity index (χ0n) is 18.3. The Balaban J connectivity index is 1.64. The van der Waals surface area contributed by atoms with E-state index < -0.39 is 51.2 Å². The quantitative estimate of drug-likeness (QED) is 0.267. The van der Waals surface area contributed by atoms with E-state index in [4.69, 9.17) is 4.74 Å². The van der Waals surface area contributed by atoms with Gasteiger partial charge >= 0.3 is 10.8 Å². The van der Waals surface area contributed by atoms with Gasteiger partial charge in [-0.25, -0.2) is 0 Å². The second-order valence-electron chi connectivity index (χ2n) is 8.16. The number of non-ortho nitro benzene ring substituents is 1. The molecule has 1 aromatic heterocycles. The lowest BCUT2D eigenvalue weighted by Gasteiger charge is -2.30. The molecular formula is C23H17N3O8S2. The van der Waals surface area contributed by atoms with Crippen molar-refractivity contribution in [1.29, 1.82) is 0 Å². The van der Waals surface area contributed by atoms with Crippen molar-refractivity contribution in [2.75, 3.05) is 6.54 Å². The molecule has 2 N–H and O–H groups in total. The number of nitrogens with zero attached hydrogens (tertiary/aromatic N) is 2. The lowest BCUT2D eigenvalue weighted by Crippen LogP contribution is -2.36. The van der Waals surface area contributed by atoms with Gasteiger partial charge in [0.1, 0.15) is 24.2 Å². The van der Waals surface area contributed by atoms with E-state index in [0.29, 0.717) is 14.8 Å². The highest BCUT2D eigenvalue weighted by molar-refractivity contribution is 8.00. The number of H-pyrrole nitrogens is 1. The second-order valence-corrected chi connectivity index (χ2v) is 10.3. The average molecular weight is 528 g/mol. The van der Waals surface area contributed by atoms with Gasteiger partial charge in [-0.1, -0.05) is 53.4 Å². The number of aromatic nitrogens is 1. The maximum absolute atomic E-state index is 13.4. The number of likely N-dealkylation sites (tertiary alicyclic amines) is 1. The summed E-state index contributed by atoms with van der Waals surface area (Å²) in [6, 6.07) is 13.2. The SMILES string of the molecule is O=C(O)CN1C(=O)[C@@H]2[C@H](c3cc([N+](=O)[O-])ccc3OCc3ccccc3)c3sc(=O)[nH]c3S[C@@H]2C1=O. The highest BCUT2D eigenvalue weighted by Gasteiger charge is 2.56. The number of benzene rings is 2. The Morgan fingerprint density at radius 3 is 2.58 bits per heavy atom. The number of nitro benzene ring substituents is 1. The molecule has 3 atom stereocenters. The number of hydrogen-bond donors (Lipinski definition) is 2. The Kier molecular flexibility index (Phi) is 6.10. The number of hydrogen-bond acceptors (Lipinski definition) is 9. The zero-order chi connectivity index (χ0) is 25.6. The van der Waals surface area contributed by atoms with E-state index in [1.54, 1.807) is 0 Å². The highest BCUT2D eigenvalue weighted by atomic mass is 32.2. The summed E-state index contributed by atoms with van der Waals surface area (Å²) in [4.78, 5) is 64.4. The maximum Gasteiger partial charge on any atom is 0.323 e. The van der Waals surface area contributed by atoms with Crippen LogP contribution in [-0.2, 0) is 21.0 Å². The fraction of sp³-hybridized carbons (Fsp3) is 0.217. The summed E-state index contributed by atoms with van der Waals surface area (Å²) in [5.74, 6) is -4.49. The van der Waals surface area contributed by atoms with Crippen molar-refractivity contribution in [3.05, 3.63) is 84.3 Å². The first-order valence-corrected chi connectivity index (χ1v) is 12.4. The lowest BCUT2D eigenvalue weighted by atomic mass is 9.82. The third-order valence-electron chi connectivity index (χ3n) is 5.99. The van der Waals surface area contributed by atoms with Crippen LogP contribution in [0.15, 0.2) is 58.4 Å². The monoisotopic (exact) mass is 527 g/mol. The molecule has 11 nitrogen and oxygen atoms in total. The summed E-state index contributed by atoms with van der Waals surface area (Å²) >= 11 is 1.83. The molecule has 1 saturated heterocycles. The average Bonchev–Trinajstić information content (AvgIpc) is 3.33. The molecule has 2 aromatic carbocycles. The number of carboxylic acid groups (broad SMARTS) is 1. The van der Waals surface area contributed by atoms with Gasteiger partial charge in [-0.2, -0.15) is 0 Å². The number of carbonyl (C=O) groups excluding carboxylic acids is 2. The highest BCUT2D eigenvalue weighted by Crippen LogP contribution is 2.54. The molecule has 36 heavy (non-hydrogen) atoms. The van der Waals surface area contributed by atoms with Gasteiger partial charge in [-0.3, -0.25) is 34.2 Å². The van der Waals surface area contributed by atoms with Crippen LogP contribution in [0.25, 0.3) is 0 Å². The summed E-state index contributed by atoms with van der Waals surface area (Å²) in [5, 5.41) is 20.2. The smallest absolute Gasteiger partial charge is 0.323 e. The third-order valence-corrected chi connectivity index (χ3v) is 8.39. The molecule has 184 valence electrons. The topological polar surface area (TPSA) is 160 Å². The third kappa shape index (κ3) is 4.16. The number of carbonyl (C=O) groups is 3. The van der Waals surface area contributed by atoms with Gasteiger partial charge in [0.2, 0.25) is 11.8 Å². The molecule has 13 heteroatoms. The number of amides is 2. The van der Waals surface area contributed by atoms with E-state index in [9.17, 15) is 34.4 Å². The molecule has 0 unspecified atom stereocenters. The van der Waals surface area contributed by atoms with Gasteiger partial charge < -0.3 is 14.8 Å². The van der Waals surface area contributed by atoms with Gasteiger partial charge in [-0.15, -0.1) is 0 Å². The molecule has 0 radical (unpaired) electrons. The number of nitrogens with one attached hydrogen (secondary N) is 1. The Morgan fingerprint density at radius 1 is 1.14 bits per heavy atom. The van der Waals surface area contributed by atoms with Crippen LogP contribution in [0.4, 0.5) is 5.69 Å². The number of thiazole rings is 1. The minimum Gasteiger partial charge on any atom is -0.489 e. The molecule has 0 saturated carbocycles. The Morgan fingerprint density at radius 2 is 1.89 bits per heavy atom. The fourth-order valence-corrected chi connectivity index (χ4v) is 6.99. The molecule has 2 aliphatic rings. The van der Waals surface area contributed by atoms with Crippen molar-refractivity contribution < 1.29 is 29.2 Å². The number of fused-ring (bicyclic) bond motifs is 2. The molecule has 3 heterocycles. The number of imide groups is 1. The second kappa shape index (κ2) is 9.24. The molecule has 3 aromatic rings. The first-order chi connectivity index (χ1) is 17.2. The van der Waals surface area contributed by atoms with E-state index in [1.165, 1.54) is 18.2 Å². The Labute approximate surface area is 210 Å². The minimum absolute atomic E-state index is 0.134. The van der Waals surface area contributed by atoms with Gasteiger partial charge in [0.25, 0.3) is 5.69 Å². The summed E-state index contributed by atoms with van der Waals surface area (Å²) in [5.41, 5.74) is 0.853. The van der Waals surface area contributed by atoms with E-state index in [2.05, 4.69) is 4.98 Å². The van der Waals surface area contributed by atoms with Crippen LogP contribution in [0.2, 0.25) is 0 Å². The van der Waals surface area contributed by atoms with E-state index in [0.717, 1.165) is 28.7 Å². The van der Waals surface area contributed by atoms with Crippen molar-refractivity contribution in [2.24, 2.45) is 5.92 Å². The standard InChI is InChI=1S/C23H17N3O8S2/c27-15(28)9-25-21(29)17-16(18-20(24-23(31)36-18)35-19(17)22(25)30)13-8-12(26(32)33)6-7-14(13)34-10-11-4-2-1-3-5-11/h1-8,16-17,19H,9-10H2,(H,24,31)(H,27,28)/t16-,17+,19-/m0/s1. The Hall–Kier alpha value is -3.97. The van der Waals surface area contributed by atoms with Crippen LogP contribution < -0.4 is 9.61 Å². The number of aliphatic carboxylic acids is 1. The predicted molar refractivity (Wildman–Crippen MR) is 128 cm³/mol. The molecule has 0 aliphatic carbocycles. The number of nitro groups is 1. The number of carboxylic acids is 1. The number of rotatable bonds is 7. The van der Waals surface area contributed by atoms with Crippen LogP contribution >= 0.6 is 23.1 Å². The van der Waals surface area contributed by atoms with Crippen LogP contribution in [0.3, 0.4) is 0 Å². The largest absolute Gasteiger partial charge is 0.489 e. The predicted octanol–water partition coefficient (Wildman–Crippen LogP) is 2.60. The summed E-state index contributed by atoms with van der Waals surface area (Å²) in [6.07, 6.45) is 0. The van der Waals surface area contributed by atoms with Crippen molar-refractivity contribution in [3.8, 4) is 5.75 Å². The van der Waals surface area contributed by atoms with Crippen LogP contribution in [0, 0.1) is 16.0 Å². The lowest BCUT2D eigenvalue weighted by molar-refractivity contribution is -0.385. The summed E-state index contributed by atoms with van der Waals surface area (Å²) in [7, 11) is 0. The normalized spacial score (nSPS) is 20.7. The van der Waals surface area contributed by atoms with Gasteiger partial charge in [0.15, 0.2) is 0 Å². The van der Waals surface area contributed by atoms with Crippen molar-refractivity contribution in [3.63, 3.8) is 0 Å². The molecule has 0 spiro atoms. The number of thioether (sulfide) groups is 1. The van der Waals surface area contributed by atoms with Gasteiger partial charge in [0, 0.05) is 28.5 Å². The molecular weight excluding hydrogens is 510 g/mol. The first-order valence-electron chi connectivity index (χ1n) is 10.7. The van der Waals surface area contributed by atoms with E-state index in [-0.39, 0.29) is 23.6 Å². The van der Waals surface area contributed by atoms with Gasteiger partial charge in [0.05, 0.1) is 15.9 Å². The van der Waals surface area contributed by atoms with E-state index in [1.807, 2.05) is 30.3 Å². The molecule has 2 aliphatic heterocycles. The van der Waals surface area contributed by atoms with Crippen molar-refractivity contribution in [2.45, 2.75) is 22.8 Å². The fourth-order valence-electron chi connectivity index (χ4n) is 4.46. The molecule has 0 bridgehead atoms. The molecule has 1 fully saturated rings. The Bertz CT molecular complexity index is 1450. The number of aromatic amines is 1. The number of ether oxygens (including phenoxy) is 1. The summed E-state index contributed by atoms with van der Waals surface area (Å²) < 4.78 is 6.02. The van der Waals surface area contributed by atoms with Gasteiger partial charge in [-0.05, 0) is 11.6 Å². The van der Waals surface area contributed by atoms with Crippen LogP contribution in [0.5, 0.6) is 5.75 Å². The van der Waals surface area contributed by atoms with Crippen molar-refractivity contribution in [1.82, 2.24) is 9.88 Å². The van der Waals surface area contributed by atoms with Crippen LogP contribution in [-0.4, -0.2) is 49.5 Å². The van der Waals surface area contributed by atoms with E-state index >= 15 is 0 Å². The van der Waals surface area contributed by atoms with Crippen LogP contribution in [0.1, 0.15) is 21.9 Å².